The minimum Gasteiger partial charge on any atom is -0.481 e. The Hall–Kier alpha value is -1.10. The summed E-state index contributed by atoms with van der Waals surface area (Å²) in [5, 5.41) is 8.61. The lowest BCUT2D eigenvalue weighted by molar-refractivity contribution is -0.144. The van der Waals surface area contributed by atoms with Gasteiger partial charge in [0.15, 0.2) is 0 Å². The van der Waals surface area contributed by atoms with Gasteiger partial charge in [-0.25, -0.2) is 0 Å². The molecule has 1 fully saturated rings. The van der Waals surface area contributed by atoms with Gasteiger partial charge in [0, 0.05) is 19.7 Å². The van der Waals surface area contributed by atoms with Gasteiger partial charge < -0.3 is 14.7 Å². The maximum absolute atomic E-state index is 11.8. The Bertz CT molecular complexity index is 248. The molecule has 1 amide bonds. The molecule has 0 radical (unpaired) electrons. The molecule has 86 valence electrons. The molecule has 1 aliphatic rings. The molecule has 1 rings (SSSR count). The number of carboxylic acid groups (broad SMARTS) is 1. The number of ether oxygens (including phenoxy) is 1. The summed E-state index contributed by atoms with van der Waals surface area (Å²) in [6.45, 7) is 2.35. The van der Waals surface area contributed by atoms with Gasteiger partial charge in [0.1, 0.15) is 6.10 Å². The second-order valence-electron chi connectivity index (χ2n) is 3.90. The highest BCUT2D eigenvalue weighted by molar-refractivity contribution is 5.81. The fourth-order valence-corrected chi connectivity index (χ4v) is 1.61. The summed E-state index contributed by atoms with van der Waals surface area (Å²) in [6.07, 6.45) is 1.24. The number of hydrogen-bond acceptors (Lipinski definition) is 3. The zero-order valence-corrected chi connectivity index (χ0v) is 9.10. The SMILES string of the molecule is CC(CC(=O)O)N(C)C(=O)C1CCCO1. The molecule has 1 aliphatic heterocycles. The number of carboxylic acids is 1. The second kappa shape index (κ2) is 5.11. The molecule has 2 atom stereocenters. The lowest BCUT2D eigenvalue weighted by Crippen LogP contribution is -2.42. The van der Waals surface area contributed by atoms with E-state index in [9.17, 15) is 9.59 Å². The van der Waals surface area contributed by atoms with Crippen LogP contribution in [0.3, 0.4) is 0 Å². The number of carbonyl (C=O) groups excluding carboxylic acids is 1. The number of carbonyl (C=O) groups is 2. The Morgan fingerprint density at radius 1 is 1.60 bits per heavy atom. The molecule has 1 N–H and O–H groups in total. The van der Waals surface area contributed by atoms with Crippen LogP contribution < -0.4 is 0 Å². The summed E-state index contributed by atoms with van der Waals surface area (Å²) in [7, 11) is 1.62. The van der Waals surface area contributed by atoms with Gasteiger partial charge in [-0.1, -0.05) is 0 Å². The van der Waals surface area contributed by atoms with Crippen molar-refractivity contribution >= 4 is 11.9 Å². The Balaban J connectivity index is 2.47. The predicted octanol–water partition coefficient (Wildman–Crippen LogP) is 0.487. The molecule has 1 saturated heterocycles. The Labute approximate surface area is 89.0 Å². The van der Waals surface area contributed by atoms with Crippen LogP contribution in [0.5, 0.6) is 0 Å². The van der Waals surface area contributed by atoms with E-state index in [1.165, 1.54) is 4.90 Å². The van der Waals surface area contributed by atoms with Gasteiger partial charge in [-0.05, 0) is 19.8 Å². The molecular formula is C10H17NO4. The molecule has 1 heterocycles. The summed E-state index contributed by atoms with van der Waals surface area (Å²) in [6, 6.07) is -0.292. The zero-order chi connectivity index (χ0) is 11.4. The second-order valence-corrected chi connectivity index (χ2v) is 3.90. The monoisotopic (exact) mass is 215 g/mol. The fraction of sp³-hybridized carbons (Fsp3) is 0.800. The highest BCUT2D eigenvalue weighted by atomic mass is 16.5. The largest absolute Gasteiger partial charge is 0.481 e. The summed E-state index contributed by atoms with van der Waals surface area (Å²) >= 11 is 0. The third-order valence-electron chi connectivity index (χ3n) is 2.68. The summed E-state index contributed by atoms with van der Waals surface area (Å²) in [5.41, 5.74) is 0. The van der Waals surface area contributed by atoms with Crippen molar-refractivity contribution in [3.63, 3.8) is 0 Å². The number of aliphatic carboxylic acids is 1. The number of rotatable bonds is 4. The molecule has 2 unspecified atom stereocenters. The summed E-state index contributed by atoms with van der Waals surface area (Å²) in [4.78, 5) is 23.7. The van der Waals surface area contributed by atoms with Crippen LogP contribution >= 0.6 is 0 Å². The Morgan fingerprint density at radius 3 is 2.73 bits per heavy atom. The molecule has 5 nitrogen and oxygen atoms in total. The fourth-order valence-electron chi connectivity index (χ4n) is 1.61. The molecule has 0 aromatic carbocycles. The Morgan fingerprint density at radius 2 is 2.27 bits per heavy atom. The molecule has 0 saturated carbocycles. The minimum atomic E-state index is -0.894. The maximum atomic E-state index is 11.8. The summed E-state index contributed by atoms with van der Waals surface area (Å²) < 4.78 is 5.25. The van der Waals surface area contributed by atoms with E-state index in [4.69, 9.17) is 9.84 Å². The summed E-state index contributed by atoms with van der Waals surface area (Å²) in [5.74, 6) is -1.00. The molecular weight excluding hydrogens is 198 g/mol. The van der Waals surface area contributed by atoms with E-state index in [1.54, 1.807) is 14.0 Å². The number of likely N-dealkylation sites (N-methyl/N-ethyl adjacent to an activating group) is 1. The third-order valence-corrected chi connectivity index (χ3v) is 2.68. The van der Waals surface area contributed by atoms with E-state index in [-0.39, 0.29) is 24.5 Å². The van der Waals surface area contributed by atoms with Gasteiger partial charge in [-0.3, -0.25) is 9.59 Å². The van der Waals surface area contributed by atoms with Crippen LogP contribution in [0.15, 0.2) is 0 Å². The Kier molecular flexibility index (Phi) is 4.08. The quantitative estimate of drug-likeness (QED) is 0.741. The van der Waals surface area contributed by atoms with E-state index in [1.807, 2.05) is 0 Å². The van der Waals surface area contributed by atoms with Crippen molar-refractivity contribution < 1.29 is 19.4 Å². The van der Waals surface area contributed by atoms with Crippen molar-refractivity contribution in [3.8, 4) is 0 Å². The average molecular weight is 215 g/mol. The van der Waals surface area contributed by atoms with Gasteiger partial charge in [-0.2, -0.15) is 0 Å². The van der Waals surface area contributed by atoms with Crippen LogP contribution in [-0.4, -0.2) is 47.7 Å². The van der Waals surface area contributed by atoms with Crippen molar-refractivity contribution in [3.05, 3.63) is 0 Å². The first kappa shape index (κ1) is 12.0. The molecule has 0 bridgehead atoms. The molecule has 0 aromatic heterocycles. The maximum Gasteiger partial charge on any atom is 0.305 e. The highest BCUT2D eigenvalue weighted by Crippen LogP contribution is 2.15. The molecule has 0 spiro atoms. The first-order valence-corrected chi connectivity index (χ1v) is 5.12. The normalized spacial score (nSPS) is 22.4. The van der Waals surface area contributed by atoms with Gasteiger partial charge in [0.2, 0.25) is 0 Å². The molecule has 0 aliphatic carbocycles. The first-order valence-electron chi connectivity index (χ1n) is 5.12. The van der Waals surface area contributed by atoms with E-state index in [2.05, 4.69) is 0 Å². The van der Waals surface area contributed by atoms with Crippen molar-refractivity contribution in [1.82, 2.24) is 4.90 Å². The highest BCUT2D eigenvalue weighted by Gasteiger charge is 2.29. The number of hydrogen-bond donors (Lipinski definition) is 1. The van der Waals surface area contributed by atoms with Crippen molar-refractivity contribution in [2.24, 2.45) is 0 Å². The zero-order valence-electron chi connectivity index (χ0n) is 9.10. The number of nitrogens with zero attached hydrogens (tertiary/aromatic N) is 1. The molecule has 0 aromatic rings. The lowest BCUT2D eigenvalue weighted by atomic mass is 10.1. The smallest absolute Gasteiger partial charge is 0.305 e. The van der Waals surface area contributed by atoms with Gasteiger partial charge in [0.05, 0.1) is 6.42 Å². The lowest BCUT2D eigenvalue weighted by Gasteiger charge is -2.26. The van der Waals surface area contributed by atoms with E-state index in [0.717, 1.165) is 12.8 Å². The van der Waals surface area contributed by atoms with Crippen molar-refractivity contribution in [1.29, 1.82) is 0 Å². The number of amides is 1. The molecule has 15 heavy (non-hydrogen) atoms. The predicted molar refractivity (Wildman–Crippen MR) is 53.5 cm³/mol. The van der Waals surface area contributed by atoms with Gasteiger partial charge >= 0.3 is 5.97 Å². The first-order chi connectivity index (χ1) is 7.02. The van der Waals surface area contributed by atoms with E-state index >= 15 is 0 Å². The average Bonchev–Trinajstić information content (AvgIpc) is 2.67. The standard InChI is InChI=1S/C10H17NO4/c1-7(6-9(12)13)11(2)10(14)8-4-3-5-15-8/h7-8H,3-6H2,1-2H3,(H,12,13). The topological polar surface area (TPSA) is 66.8 Å². The van der Waals surface area contributed by atoms with Crippen LogP contribution in [0.2, 0.25) is 0 Å². The molecule has 5 heteroatoms. The van der Waals surface area contributed by atoms with Crippen LogP contribution in [-0.2, 0) is 14.3 Å². The van der Waals surface area contributed by atoms with Crippen LogP contribution in [0, 0.1) is 0 Å². The van der Waals surface area contributed by atoms with Crippen LogP contribution in [0.4, 0.5) is 0 Å². The van der Waals surface area contributed by atoms with Crippen LogP contribution in [0.25, 0.3) is 0 Å². The van der Waals surface area contributed by atoms with E-state index in [0.29, 0.717) is 6.61 Å². The van der Waals surface area contributed by atoms with Gasteiger partial charge in [0.25, 0.3) is 5.91 Å². The van der Waals surface area contributed by atoms with Gasteiger partial charge in [-0.15, -0.1) is 0 Å². The third kappa shape index (κ3) is 3.20. The van der Waals surface area contributed by atoms with Crippen molar-refractivity contribution in [2.75, 3.05) is 13.7 Å². The van der Waals surface area contributed by atoms with Crippen molar-refractivity contribution in [2.45, 2.75) is 38.3 Å². The minimum absolute atomic E-state index is 0.0328. The van der Waals surface area contributed by atoms with E-state index < -0.39 is 5.97 Å². The van der Waals surface area contributed by atoms with Crippen LogP contribution in [0.1, 0.15) is 26.2 Å².